The van der Waals surface area contributed by atoms with Gasteiger partial charge >= 0.3 is 5.69 Å². The highest BCUT2D eigenvalue weighted by Gasteiger charge is 2.45. The number of nitrogens with one attached hydrogen (secondary N) is 2. The van der Waals surface area contributed by atoms with E-state index in [-0.39, 0.29) is 17.8 Å². The van der Waals surface area contributed by atoms with E-state index in [1.165, 1.54) is 4.68 Å². The van der Waals surface area contributed by atoms with E-state index in [0.717, 1.165) is 5.69 Å². The Balaban J connectivity index is 2.01. The van der Waals surface area contributed by atoms with Crippen LogP contribution < -0.4 is 11.2 Å². The van der Waals surface area contributed by atoms with Gasteiger partial charge in [-0.05, 0) is 6.42 Å². The average molecular weight is 353 g/mol. The molecule has 136 valence electrons. The van der Waals surface area contributed by atoms with Crippen LogP contribution in [0.3, 0.4) is 0 Å². The molecule has 1 fully saturated rings. The van der Waals surface area contributed by atoms with Crippen molar-refractivity contribution >= 4 is 0 Å². The van der Waals surface area contributed by atoms with Gasteiger partial charge in [-0.2, -0.15) is 0 Å². The molecule has 1 unspecified atom stereocenters. The maximum Gasteiger partial charge on any atom is 0.325 e. The zero-order valence-electron chi connectivity index (χ0n) is 13.4. The van der Waals surface area contributed by atoms with Crippen LogP contribution in [0.15, 0.2) is 15.8 Å². The van der Waals surface area contributed by atoms with Gasteiger partial charge in [0.1, 0.15) is 24.4 Å². The first-order valence-electron chi connectivity index (χ1n) is 7.81. The van der Waals surface area contributed by atoms with Crippen molar-refractivity contribution in [1.29, 1.82) is 0 Å². The number of ether oxygens (including phenoxy) is 1. The molecule has 4 atom stereocenters. The monoisotopic (exact) mass is 353 g/mol. The molecule has 25 heavy (non-hydrogen) atoms. The molecule has 0 saturated carbocycles. The van der Waals surface area contributed by atoms with Crippen LogP contribution in [0.25, 0.3) is 0 Å². The summed E-state index contributed by atoms with van der Waals surface area (Å²) in [6.45, 7) is 1.41. The first kappa shape index (κ1) is 17.5. The van der Waals surface area contributed by atoms with E-state index in [0.29, 0.717) is 6.42 Å². The Kier molecular flexibility index (Phi) is 4.81. The van der Waals surface area contributed by atoms with E-state index in [9.17, 15) is 24.9 Å². The normalized spacial score (nSPS) is 26.2. The number of hydrogen-bond donors (Lipinski definition) is 5. The second-order valence-electron chi connectivity index (χ2n) is 5.82. The lowest BCUT2D eigenvalue weighted by molar-refractivity contribution is -0.0235. The summed E-state index contributed by atoms with van der Waals surface area (Å²) in [7, 11) is 0. The minimum absolute atomic E-state index is 0.0218. The van der Waals surface area contributed by atoms with Crippen LogP contribution in [0.2, 0.25) is 0 Å². The number of aromatic amines is 2. The first-order valence-corrected chi connectivity index (χ1v) is 7.81. The third kappa shape index (κ3) is 3.26. The molecular weight excluding hydrogens is 334 g/mol. The fraction of sp³-hybridized carbons (Fsp3) is 0.571. The molecule has 0 spiro atoms. The van der Waals surface area contributed by atoms with Crippen LogP contribution in [0.4, 0.5) is 0 Å². The van der Waals surface area contributed by atoms with Crippen LogP contribution in [-0.2, 0) is 17.7 Å². The Bertz CT molecular complexity index is 858. The molecule has 1 aliphatic heterocycles. The maximum absolute atomic E-state index is 12.3. The predicted molar refractivity (Wildman–Crippen MR) is 82.9 cm³/mol. The van der Waals surface area contributed by atoms with Gasteiger partial charge in [0.2, 0.25) is 0 Å². The van der Waals surface area contributed by atoms with Crippen LogP contribution in [0, 0.1) is 0 Å². The van der Waals surface area contributed by atoms with Crippen molar-refractivity contribution in [3.8, 4) is 0 Å². The minimum atomic E-state index is -1.43. The van der Waals surface area contributed by atoms with E-state index in [1.54, 1.807) is 6.20 Å². The summed E-state index contributed by atoms with van der Waals surface area (Å²) in [4.78, 5) is 28.5. The number of aryl methyl sites for hydroxylation is 1. The lowest BCUT2D eigenvalue weighted by Crippen LogP contribution is -2.35. The van der Waals surface area contributed by atoms with Gasteiger partial charge in [-0.1, -0.05) is 12.1 Å². The van der Waals surface area contributed by atoms with Crippen molar-refractivity contribution in [3.63, 3.8) is 0 Å². The minimum Gasteiger partial charge on any atom is -0.394 e. The number of rotatable bonds is 5. The summed E-state index contributed by atoms with van der Waals surface area (Å²) in [5, 5.41) is 37.1. The maximum atomic E-state index is 12.3. The molecule has 3 rings (SSSR count). The lowest BCUT2D eigenvalue weighted by atomic mass is 10.0. The highest BCUT2D eigenvalue weighted by molar-refractivity contribution is 5.23. The van der Waals surface area contributed by atoms with Crippen molar-refractivity contribution in [1.82, 2.24) is 25.0 Å². The van der Waals surface area contributed by atoms with E-state index < -0.39 is 42.3 Å². The molecule has 0 aliphatic carbocycles. The smallest absolute Gasteiger partial charge is 0.325 e. The largest absolute Gasteiger partial charge is 0.394 e. The molecule has 0 radical (unpaired) electrons. The number of hydrogen-bond acceptors (Lipinski definition) is 8. The molecule has 11 heteroatoms. The number of nitrogens with zero attached hydrogens (tertiary/aromatic N) is 3. The van der Waals surface area contributed by atoms with Crippen molar-refractivity contribution in [2.45, 2.75) is 44.3 Å². The summed E-state index contributed by atoms with van der Waals surface area (Å²) < 4.78 is 6.85. The Morgan fingerprint density at radius 1 is 1.28 bits per heavy atom. The second-order valence-corrected chi connectivity index (χ2v) is 5.82. The van der Waals surface area contributed by atoms with Crippen molar-refractivity contribution in [2.75, 3.05) is 6.61 Å². The van der Waals surface area contributed by atoms with Gasteiger partial charge in [0, 0.05) is 6.20 Å². The van der Waals surface area contributed by atoms with Gasteiger partial charge in [-0.15, -0.1) is 5.10 Å². The van der Waals surface area contributed by atoms with Crippen molar-refractivity contribution < 1.29 is 20.1 Å². The number of aliphatic hydroxyl groups is 3. The van der Waals surface area contributed by atoms with E-state index in [4.69, 9.17) is 4.74 Å². The Morgan fingerprint density at radius 2 is 2.04 bits per heavy atom. The first-order chi connectivity index (χ1) is 11.9. The second kappa shape index (κ2) is 6.88. The van der Waals surface area contributed by atoms with Gasteiger partial charge in [0.25, 0.3) is 5.56 Å². The van der Waals surface area contributed by atoms with Crippen LogP contribution >= 0.6 is 0 Å². The van der Waals surface area contributed by atoms with Gasteiger partial charge in [0.05, 0.1) is 30.1 Å². The Hall–Kier alpha value is -2.34. The fourth-order valence-electron chi connectivity index (χ4n) is 2.85. The quantitative estimate of drug-likeness (QED) is 0.391. The molecule has 5 N–H and O–H groups in total. The van der Waals surface area contributed by atoms with Crippen molar-refractivity contribution in [2.24, 2.45) is 0 Å². The molecule has 3 heterocycles. The van der Waals surface area contributed by atoms with E-state index in [1.807, 2.05) is 6.92 Å². The highest BCUT2D eigenvalue weighted by atomic mass is 16.6. The summed E-state index contributed by atoms with van der Waals surface area (Å²) in [5.74, 6) is 0. The number of aliphatic hydroxyl groups excluding tert-OH is 3. The zero-order valence-corrected chi connectivity index (χ0v) is 13.4. The number of aromatic nitrogens is 5. The molecule has 0 amide bonds. The average Bonchev–Trinajstić information content (AvgIpc) is 3.13. The fourth-order valence-corrected chi connectivity index (χ4v) is 2.85. The van der Waals surface area contributed by atoms with Crippen LogP contribution in [0.5, 0.6) is 0 Å². The topological polar surface area (TPSA) is 166 Å². The standard InChI is InChI=1S/C14H19N5O6/c1-2-6-3-19(18-17-6)4-7-9(13(23)16-14(24)15-7)12-11(22)10(21)8(5-20)25-12/h3,8,10-12,20-22H,2,4-5H2,1H3,(H2,15,16,23,24)/t8-,10?,11+,12+/m1/s1. The third-order valence-electron chi connectivity index (χ3n) is 4.16. The molecule has 1 aliphatic rings. The summed E-state index contributed by atoms with van der Waals surface area (Å²) in [5.41, 5.74) is -0.579. The van der Waals surface area contributed by atoms with Gasteiger partial charge < -0.3 is 25.0 Å². The molecule has 0 bridgehead atoms. The van der Waals surface area contributed by atoms with Crippen LogP contribution in [0.1, 0.15) is 30.0 Å². The molecule has 2 aromatic rings. The molecule has 11 nitrogen and oxygen atoms in total. The number of H-pyrrole nitrogens is 2. The SMILES string of the molecule is CCc1cn(Cc2[nH]c(=O)[nH]c(=O)c2[C@@H]2O[C@H](CO)C(O)[C@@H]2O)nn1. The van der Waals surface area contributed by atoms with E-state index >= 15 is 0 Å². The molecular formula is C14H19N5O6. The zero-order chi connectivity index (χ0) is 18.1. The lowest BCUT2D eigenvalue weighted by Gasteiger charge is -2.17. The van der Waals surface area contributed by atoms with Crippen LogP contribution in [-0.4, -0.2) is 65.2 Å². The van der Waals surface area contributed by atoms with Gasteiger partial charge in [-0.3, -0.25) is 9.78 Å². The summed E-state index contributed by atoms with van der Waals surface area (Å²) in [6.07, 6.45) is -2.67. The third-order valence-corrected chi connectivity index (χ3v) is 4.16. The summed E-state index contributed by atoms with van der Waals surface area (Å²) >= 11 is 0. The molecule has 1 saturated heterocycles. The Morgan fingerprint density at radius 3 is 2.64 bits per heavy atom. The molecule has 2 aromatic heterocycles. The van der Waals surface area contributed by atoms with Crippen molar-refractivity contribution in [3.05, 3.63) is 44.0 Å². The van der Waals surface area contributed by atoms with Gasteiger partial charge in [0.15, 0.2) is 0 Å². The predicted octanol–water partition coefficient (Wildman–Crippen LogP) is -2.58. The highest BCUT2D eigenvalue weighted by Crippen LogP contribution is 2.32. The Labute approximate surface area is 140 Å². The summed E-state index contributed by atoms with van der Waals surface area (Å²) in [6, 6.07) is 0. The van der Waals surface area contributed by atoms with Gasteiger partial charge in [-0.25, -0.2) is 9.48 Å². The molecule has 0 aromatic carbocycles. The van der Waals surface area contributed by atoms with E-state index in [2.05, 4.69) is 20.3 Å².